The fraction of sp³-hybridized carbons (Fsp3) is 0.571. The van der Waals surface area contributed by atoms with Gasteiger partial charge < -0.3 is 10.6 Å². The van der Waals surface area contributed by atoms with E-state index in [0.717, 1.165) is 18.5 Å². The number of carbonyl (C=O) groups excluding carboxylic acids is 1. The molecule has 102 valence electrons. The van der Waals surface area contributed by atoms with Crippen molar-refractivity contribution in [1.29, 1.82) is 0 Å². The highest BCUT2D eigenvalue weighted by atomic mass is 35.5. The molecule has 2 aliphatic heterocycles. The third-order valence-corrected chi connectivity index (χ3v) is 4.26. The smallest absolute Gasteiger partial charge is 0.224 e. The SMILES string of the molecule is O=C(CC1CC2CCC(C1)N2)Nc1ccnc(Cl)c1. The standard InChI is InChI=1S/C14H18ClN3O/c15-13-8-12(3-4-16-13)18-14(19)7-9-5-10-1-2-11(6-9)17-10/h3-4,8-11,17H,1-2,5-7H2,(H,16,18,19). The summed E-state index contributed by atoms with van der Waals surface area (Å²) in [6.45, 7) is 0. The second kappa shape index (κ2) is 5.47. The van der Waals surface area contributed by atoms with Gasteiger partial charge in [0.05, 0.1) is 0 Å². The van der Waals surface area contributed by atoms with E-state index in [1.54, 1.807) is 18.3 Å². The number of carbonyl (C=O) groups is 1. The lowest BCUT2D eigenvalue weighted by molar-refractivity contribution is -0.117. The highest BCUT2D eigenvalue weighted by Gasteiger charge is 2.34. The summed E-state index contributed by atoms with van der Waals surface area (Å²) in [6.07, 6.45) is 6.99. The second-order valence-electron chi connectivity index (χ2n) is 5.59. The van der Waals surface area contributed by atoms with Gasteiger partial charge in [-0.25, -0.2) is 4.98 Å². The Bertz CT molecular complexity index is 468. The third kappa shape index (κ3) is 3.25. The Morgan fingerprint density at radius 3 is 2.84 bits per heavy atom. The molecule has 4 nitrogen and oxygen atoms in total. The number of amides is 1. The van der Waals surface area contributed by atoms with Crippen LogP contribution in [0.4, 0.5) is 5.69 Å². The van der Waals surface area contributed by atoms with E-state index in [9.17, 15) is 4.79 Å². The van der Waals surface area contributed by atoms with E-state index in [1.807, 2.05) is 0 Å². The lowest BCUT2D eigenvalue weighted by Crippen LogP contribution is -2.39. The van der Waals surface area contributed by atoms with Gasteiger partial charge in [-0.05, 0) is 43.7 Å². The normalized spacial score (nSPS) is 29.2. The summed E-state index contributed by atoms with van der Waals surface area (Å²) in [7, 11) is 0. The monoisotopic (exact) mass is 279 g/mol. The van der Waals surface area contributed by atoms with E-state index < -0.39 is 0 Å². The number of pyridine rings is 1. The van der Waals surface area contributed by atoms with Crippen LogP contribution >= 0.6 is 11.6 Å². The van der Waals surface area contributed by atoms with E-state index in [1.165, 1.54) is 12.8 Å². The first-order valence-electron chi connectivity index (χ1n) is 6.86. The van der Waals surface area contributed by atoms with Crippen molar-refractivity contribution in [3.05, 3.63) is 23.5 Å². The van der Waals surface area contributed by atoms with Crippen molar-refractivity contribution in [3.63, 3.8) is 0 Å². The molecule has 3 heterocycles. The Labute approximate surface area is 117 Å². The molecule has 5 heteroatoms. The van der Waals surface area contributed by atoms with Gasteiger partial charge in [-0.15, -0.1) is 0 Å². The highest BCUT2D eigenvalue weighted by Crippen LogP contribution is 2.32. The number of nitrogens with one attached hydrogen (secondary N) is 2. The van der Waals surface area contributed by atoms with Gasteiger partial charge in [0.1, 0.15) is 5.15 Å². The van der Waals surface area contributed by atoms with E-state index in [-0.39, 0.29) is 5.91 Å². The number of anilines is 1. The summed E-state index contributed by atoms with van der Waals surface area (Å²) in [6, 6.07) is 4.69. The predicted molar refractivity (Wildman–Crippen MR) is 75.2 cm³/mol. The molecule has 1 aromatic heterocycles. The molecular formula is C14H18ClN3O. The molecule has 2 fully saturated rings. The molecular weight excluding hydrogens is 262 g/mol. The van der Waals surface area contributed by atoms with E-state index in [4.69, 9.17) is 11.6 Å². The molecule has 1 aromatic rings. The van der Waals surface area contributed by atoms with Crippen molar-refractivity contribution < 1.29 is 4.79 Å². The van der Waals surface area contributed by atoms with E-state index >= 15 is 0 Å². The predicted octanol–water partition coefficient (Wildman–Crippen LogP) is 2.59. The van der Waals surface area contributed by atoms with Crippen LogP contribution in [0.1, 0.15) is 32.1 Å². The van der Waals surface area contributed by atoms with Crippen LogP contribution < -0.4 is 10.6 Å². The van der Waals surface area contributed by atoms with Gasteiger partial charge in [0.2, 0.25) is 5.91 Å². The molecule has 2 atom stereocenters. The largest absolute Gasteiger partial charge is 0.326 e. The molecule has 0 saturated carbocycles. The number of aromatic nitrogens is 1. The molecule has 0 radical (unpaired) electrons. The lowest BCUT2D eigenvalue weighted by Gasteiger charge is -2.28. The number of hydrogen-bond donors (Lipinski definition) is 2. The van der Waals surface area contributed by atoms with Gasteiger partial charge in [0.15, 0.2) is 0 Å². The molecule has 2 unspecified atom stereocenters. The minimum atomic E-state index is 0.0774. The van der Waals surface area contributed by atoms with Crippen LogP contribution in [0.5, 0.6) is 0 Å². The van der Waals surface area contributed by atoms with E-state index in [0.29, 0.717) is 29.6 Å². The molecule has 3 rings (SSSR count). The van der Waals surface area contributed by atoms with Crippen LogP contribution in [0.2, 0.25) is 5.15 Å². The maximum atomic E-state index is 12.0. The maximum absolute atomic E-state index is 12.0. The van der Waals surface area contributed by atoms with Crippen molar-refractivity contribution in [2.45, 2.75) is 44.2 Å². The van der Waals surface area contributed by atoms with Gasteiger partial charge >= 0.3 is 0 Å². The third-order valence-electron chi connectivity index (χ3n) is 4.06. The summed E-state index contributed by atoms with van der Waals surface area (Å²) in [5.74, 6) is 0.588. The quantitative estimate of drug-likeness (QED) is 0.836. The van der Waals surface area contributed by atoms with Crippen molar-refractivity contribution >= 4 is 23.2 Å². The number of piperidine rings is 1. The van der Waals surface area contributed by atoms with Crippen LogP contribution in [0.15, 0.2) is 18.3 Å². The number of rotatable bonds is 3. The Balaban J connectivity index is 1.54. The molecule has 2 aliphatic rings. The number of fused-ring (bicyclic) bond motifs is 2. The van der Waals surface area contributed by atoms with Gasteiger partial charge in [-0.1, -0.05) is 11.6 Å². The van der Waals surface area contributed by atoms with Crippen LogP contribution in [0, 0.1) is 5.92 Å². The van der Waals surface area contributed by atoms with Gasteiger partial charge in [-0.2, -0.15) is 0 Å². The molecule has 2 bridgehead atoms. The average molecular weight is 280 g/mol. The fourth-order valence-corrected chi connectivity index (χ4v) is 3.47. The minimum absolute atomic E-state index is 0.0774. The second-order valence-corrected chi connectivity index (χ2v) is 5.98. The summed E-state index contributed by atoms with van der Waals surface area (Å²) in [5.41, 5.74) is 0.724. The first-order valence-corrected chi connectivity index (χ1v) is 7.24. The van der Waals surface area contributed by atoms with Crippen LogP contribution in [-0.4, -0.2) is 23.0 Å². The van der Waals surface area contributed by atoms with Crippen molar-refractivity contribution in [3.8, 4) is 0 Å². The fourth-order valence-electron chi connectivity index (χ4n) is 3.30. The zero-order valence-corrected chi connectivity index (χ0v) is 11.5. The van der Waals surface area contributed by atoms with Crippen LogP contribution in [0.3, 0.4) is 0 Å². The van der Waals surface area contributed by atoms with Crippen molar-refractivity contribution in [2.75, 3.05) is 5.32 Å². The zero-order chi connectivity index (χ0) is 13.2. The van der Waals surface area contributed by atoms with Crippen LogP contribution in [-0.2, 0) is 4.79 Å². The first kappa shape index (κ1) is 12.9. The molecule has 0 aliphatic carbocycles. The minimum Gasteiger partial charge on any atom is -0.326 e. The Hall–Kier alpha value is -1.13. The molecule has 2 saturated heterocycles. The zero-order valence-electron chi connectivity index (χ0n) is 10.7. The maximum Gasteiger partial charge on any atom is 0.224 e. The average Bonchev–Trinajstić information content (AvgIpc) is 2.68. The number of nitrogens with zero attached hydrogens (tertiary/aromatic N) is 1. The summed E-state index contributed by atoms with van der Waals surface area (Å²) in [4.78, 5) is 15.9. The molecule has 1 amide bonds. The summed E-state index contributed by atoms with van der Waals surface area (Å²) < 4.78 is 0. The molecule has 0 aromatic carbocycles. The van der Waals surface area contributed by atoms with Crippen molar-refractivity contribution in [2.24, 2.45) is 5.92 Å². The summed E-state index contributed by atoms with van der Waals surface area (Å²) in [5, 5.41) is 6.89. The highest BCUT2D eigenvalue weighted by molar-refractivity contribution is 6.29. The van der Waals surface area contributed by atoms with Crippen molar-refractivity contribution in [1.82, 2.24) is 10.3 Å². The number of hydrogen-bond acceptors (Lipinski definition) is 3. The Morgan fingerprint density at radius 2 is 2.16 bits per heavy atom. The van der Waals surface area contributed by atoms with Gasteiger partial charge in [-0.3, -0.25) is 4.79 Å². The summed E-state index contributed by atoms with van der Waals surface area (Å²) >= 11 is 5.80. The Kier molecular flexibility index (Phi) is 3.71. The Morgan fingerprint density at radius 1 is 1.42 bits per heavy atom. The van der Waals surface area contributed by atoms with Gasteiger partial charge in [0, 0.05) is 30.4 Å². The molecule has 0 spiro atoms. The topological polar surface area (TPSA) is 54.0 Å². The molecule has 2 N–H and O–H groups in total. The first-order chi connectivity index (χ1) is 9.19. The van der Waals surface area contributed by atoms with Gasteiger partial charge in [0.25, 0.3) is 0 Å². The lowest BCUT2D eigenvalue weighted by atomic mass is 9.89. The van der Waals surface area contributed by atoms with Crippen LogP contribution in [0.25, 0.3) is 0 Å². The number of halogens is 1. The van der Waals surface area contributed by atoms with E-state index in [2.05, 4.69) is 15.6 Å². The molecule has 19 heavy (non-hydrogen) atoms.